The molecule has 6 nitrogen and oxygen atoms in total. The lowest BCUT2D eigenvalue weighted by atomic mass is 9.97. The molecular weight excluding hydrogens is 410 g/mol. The summed E-state index contributed by atoms with van der Waals surface area (Å²) >= 11 is 1.36. The molecule has 4 rings (SSSR count). The molecular formula is C24H23N3O3S. The van der Waals surface area contributed by atoms with Crippen LogP contribution in [0.15, 0.2) is 42.6 Å². The van der Waals surface area contributed by atoms with Crippen molar-refractivity contribution in [2.45, 2.75) is 27.7 Å². The fourth-order valence-electron chi connectivity index (χ4n) is 3.72. The van der Waals surface area contributed by atoms with Crippen LogP contribution in [0.3, 0.4) is 0 Å². The minimum Gasteiger partial charge on any atom is -0.465 e. The highest BCUT2D eigenvalue weighted by molar-refractivity contribution is 7.17. The van der Waals surface area contributed by atoms with Crippen LogP contribution in [0.2, 0.25) is 0 Å². The number of thiophene rings is 1. The van der Waals surface area contributed by atoms with E-state index in [-0.39, 0.29) is 5.91 Å². The number of benzene rings is 1. The zero-order valence-electron chi connectivity index (χ0n) is 18.1. The monoisotopic (exact) mass is 433 g/mol. The molecule has 0 atom stereocenters. The van der Waals surface area contributed by atoms with Gasteiger partial charge >= 0.3 is 5.97 Å². The second-order valence-corrected chi connectivity index (χ2v) is 8.68. The number of rotatable bonds is 4. The normalized spacial score (nSPS) is 11.0. The topological polar surface area (TPSA) is 72.7 Å². The minimum absolute atomic E-state index is 0.325. The number of fused-ring (bicyclic) bond motifs is 1. The van der Waals surface area contributed by atoms with Crippen LogP contribution in [-0.4, -0.2) is 28.4 Å². The molecule has 0 saturated carbocycles. The van der Waals surface area contributed by atoms with Crippen molar-refractivity contribution in [3.8, 4) is 11.1 Å². The van der Waals surface area contributed by atoms with Gasteiger partial charge in [-0.3, -0.25) is 9.20 Å². The fraction of sp³-hybridized carbons (Fsp3) is 0.208. The van der Waals surface area contributed by atoms with Crippen LogP contribution in [0.25, 0.3) is 16.8 Å². The van der Waals surface area contributed by atoms with Crippen LogP contribution < -0.4 is 5.32 Å². The number of carbonyl (C=O) groups excluding carboxylic acids is 2. The van der Waals surface area contributed by atoms with Crippen molar-refractivity contribution in [3.05, 3.63) is 75.6 Å². The molecule has 0 bridgehead atoms. The Balaban J connectivity index is 1.81. The lowest BCUT2D eigenvalue weighted by Gasteiger charge is -2.10. The van der Waals surface area contributed by atoms with Gasteiger partial charge in [-0.25, -0.2) is 9.78 Å². The third-order valence-corrected chi connectivity index (χ3v) is 6.44. The van der Waals surface area contributed by atoms with E-state index in [9.17, 15) is 9.59 Å². The number of hydrogen-bond donors (Lipinski definition) is 1. The summed E-state index contributed by atoms with van der Waals surface area (Å²) in [7, 11) is 1.35. The smallest absolute Gasteiger partial charge is 0.341 e. The van der Waals surface area contributed by atoms with Gasteiger partial charge in [0.05, 0.1) is 12.8 Å². The molecule has 0 saturated heterocycles. The number of carbonyl (C=O) groups is 2. The number of esters is 1. The number of methoxy groups -OCH3 is 1. The average Bonchev–Trinajstić information content (AvgIpc) is 3.25. The number of nitrogens with one attached hydrogen (secondary N) is 1. The highest BCUT2D eigenvalue weighted by Crippen LogP contribution is 2.41. The molecule has 0 aliphatic rings. The number of ether oxygens (including phenoxy) is 1. The summed E-state index contributed by atoms with van der Waals surface area (Å²) < 4.78 is 6.81. The molecule has 0 fully saturated rings. The second kappa shape index (κ2) is 8.00. The summed E-state index contributed by atoms with van der Waals surface area (Å²) in [6.45, 7) is 7.82. The highest BCUT2D eigenvalue weighted by Gasteiger charge is 2.27. The first-order chi connectivity index (χ1) is 14.8. The van der Waals surface area contributed by atoms with Crippen LogP contribution in [-0.2, 0) is 4.74 Å². The molecule has 4 aromatic rings. The van der Waals surface area contributed by atoms with E-state index in [2.05, 4.69) is 16.4 Å². The molecule has 0 unspecified atom stereocenters. The molecule has 1 amide bonds. The van der Waals surface area contributed by atoms with Gasteiger partial charge in [0.15, 0.2) is 0 Å². The van der Waals surface area contributed by atoms with Gasteiger partial charge in [0, 0.05) is 16.6 Å². The number of aromatic nitrogens is 2. The maximum atomic E-state index is 13.2. The van der Waals surface area contributed by atoms with Gasteiger partial charge in [-0.1, -0.05) is 24.3 Å². The Labute approximate surface area is 184 Å². The van der Waals surface area contributed by atoms with Crippen LogP contribution in [0.1, 0.15) is 42.5 Å². The molecule has 0 aliphatic heterocycles. The van der Waals surface area contributed by atoms with Crippen molar-refractivity contribution in [2.75, 3.05) is 12.4 Å². The number of imidazole rings is 1. The van der Waals surface area contributed by atoms with Crippen molar-refractivity contribution < 1.29 is 14.3 Å². The summed E-state index contributed by atoms with van der Waals surface area (Å²) in [5.41, 5.74) is 6.12. The molecule has 1 N–H and O–H groups in total. The summed E-state index contributed by atoms with van der Waals surface area (Å²) in [6.07, 6.45) is 1.80. The Morgan fingerprint density at radius 1 is 1.06 bits per heavy atom. The highest BCUT2D eigenvalue weighted by atomic mass is 32.1. The first-order valence-electron chi connectivity index (χ1n) is 9.86. The number of anilines is 1. The first-order valence-corrected chi connectivity index (χ1v) is 10.7. The second-order valence-electron chi connectivity index (χ2n) is 7.46. The Kier molecular flexibility index (Phi) is 5.37. The van der Waals surface area contributed by atoms with E-state index in [1.165, 1.54) is 24.0 Å². The van der Waals surface area contributed by atoms with Gasteiger partial charge < -0.3 is 10.1 Å². The van der Waals surface area contributed by atoms with Crippen molar-refractivity contribution in [1.82, 2.24) is 9.38 Å². The van der Waals surface area contributed by atoms with E-state index in [1.807, 2.05) is 51.1 Å². The Hall–Kier alpha value is -3.45. The molecule has 1 aromatic carbocycles. The van der Waals surface area contributed by atoms with Gasteiger partial charge in [-0.15, -0.1) is 11.3 Å². The van der Waals surface area contributed by atoms with E-state index in [1.54, 1.807) is 17.5 Å². The standard InChI is InChI=1S/C24H23N3O3S/c1-13-9-10-17(12-14(13)2)19-16(4)31-23(20(19)24(29)30-5)26-22(28)21-15(3)25-18-8-6-7-11-27(18)21/h6-12H,1-5H3,(H,26,28). The van der Waals surface area contributed by atoms with Crippen molar-refractivity contribution >= 4 is 33.9 Å². The zero-order chi connectivity index (χ0) is 22.3. The first kappa shape index (κ1) is 20.8. The summed E-state index contributed by atoms with van der Waals surface area (Å²) in [5, 5.41) is 3.40. The quantitative estimate of drug-likeness (QED) is 0.441. The predicted octanol–water partition coefficient (Wildman–Crippen LogP) is 5.34. The largest absolute Gasteiger partial charge is 0.465 e. The molecule has 31 heavy (non-hydrogen) atoms. The predicted molar refractivity (Wildman–Crippen MR) is 123 cm³/mol. The number of nitrogens with zero attached hydrogens (tertiary/aromatic N) is 2. The lowest BCUT2D eigenvalue weighted by Crippen LogP contribution is -2.17. The van der Waals surface area contributed by atoms with Crippen LogP contribution in [0.4, 0.5) is 5.00 Å². The fourth-order valence-corrected chi connectivity index (χ4v) is 4.78. The Morgan fingerprint density at radius 2 is 1.84 bits per heavy atom. The maximum Gasteiger partial charge on any atom is 0.341 e. The van der Waals surface area contributed by atoms with Crippen molar-refractivity contribution in [3.63, 3.8) is 0 Å². The van der Waals surface area contributed by atoms with E-state index >= 15 is 0 Å². The molecule has 3 aromatic heterocycles. The van der Waals surface area contributed by atoms with Gasteiger partial charge in [-0.05, 0) is 56.5 Å². The SMILES string of the molecule is COC(=O)c1c(NC(=O)c2c(C)nc3ccccn23)sc(C)c1-c1ccc(C)c(C)c1. The molecule has 0 spiro atoms. The lowest BCUT2D eigenvalue weighted by molar-refractivity contribution is 0.0603. The molecule has 7 heteroatoms. The summed E-state index contributed by atoms with van der Waals surface area (Å²) in [6, 6.07) is 11.6. The van der Waals surface area contributed by atoms with Crippen molar-refractivity contribution in [2.24, 2.45) is 0 Å². The Bertz CT molecular complexity index is 1330. The Morgan fingerprint density at radius 3 is 2.55 bits per heavy atom. The van der Waals surface area contributed by atoms with Gasteiger partial charge in [0.1, 0.15) is 21.9 Å². The van der Waals surface area contributed by atoms with Gasteiger partial charge in [0.25, 0.3) is 5.91 Å². The molecule has 0 aliphatic carbocycles. The minimum atomic E-state index is -0.484. The summed E-state index contributed by atoms with van der Waals surface area (Å²) in [4.78, 5) is 31.3. The van der Waals surface area contributed by atoms with Crippen LogP contribution in [0.5, 0.6) is 0 Å². The number of aryl methyl sites for hydroxylation is 4. The van der Waals surface area contributed by atoms with E-state index in [4.69, 9.17) is 4.74 Å². The van der Waals surface area contributed by atoms with Gasteiger partial charge in [-0.2, -0.15) is 0 Å². The third-order valence-electron chi connectivity index (χ3n) is 5.42. The van der Waals surface area contributed by atoms with Crippen LogP contribution in [0, 0.1) is 27.7 Å². The number of amides is 1. The molecule has 3 heterocycles. The molecule has 158 valence electrons. The maximum absolute atomic E-state index is 13.2. The number of hydrogen-bond acceptors (Lipinski definition) is 5. The van der Waals surface area contributed by atoms with Crippen LogP contribution >= 0.6 is 11.3 Å². The van der Waals surface area contributed by atoms with E-state index in [0.717, 1.165) is 21.6 Å². The number of pyridine rings is 1. The third kappa shape index (κ3) is 3.61. The van der Waals surface area contributed by atoms with E-state index in [0.29, 0.717) is 27.6 Å². The van der Waals surface area contributed by atoms with Crippen molar-refractivity contribution in [1.29, 1.82) is 0 Å². The van der Waals surface area contributed by atoms with Gasteiger partial charge in [0.2, 0.25) is 0 Å². The average molecular weight is 434 g/mol. The zero-order valence-corrected chi connectivity index (χ0v) is 18.9. The molecule has 0 radical (unpaired) electrons. The van der Waals surface area contributed by atoms with E-state index < -0.39 is 5.97 Å². The summed E-state index contributed by atoms with van der Waals surface area (Å²) in [5.74, 6) is -0.808.